The van der Waals surface area contributed by atoms with E-state index in [-0.39, 0.29) is 50.1 Å². The number of pyridine rings is 1. The van der Waals surface area contributed by atoms with Crippen LogP contribution in [0.1, 0.15) is 33.8 Å². The first kappa shape index (κ1) is 30.0. The molecule has 1 saturated heterocycles. The number of amides is 2. The average molecular weight is 628 g/mol. The Balaban J connectivity index is 1.24. The number of fused-ring (bicyclic) bond motifs is 1. The molecule has 0 saturated carbocycles. The second-order valence-electron chi connectivity index (χ2n) is 10.8. The summed E-state index contributed by atoms with van der Waals surface area (Å²) < 4.78 is 41.8. The molecular weight excluding hydrogens is 599 g/mol. The normalized spacial score (nSPS) is 14.6. The van der Waals surface area contributed by atoms with Crippen LogP contribution in [0, 0.1) is 5.82 Å². The molecule has 0 aliphatic carbocycles. The summed E-state index contributed by atoms with van der Waals surface area (Å²) in [7, 11) is 0. The number of likely N-dealkylation sites (tertiary alicyclic amines) is 1. The molecule has 1 aliphatic rings. The Bertz CT molecular complexity index is 1880. The second-order valence-corrected chi connectivity index (χ2v) is 11.9. The highest BCUT2D eigenvalue weighted by molar-refractivity contribution is 7.19. The van der Waals surface area contributed by atoms with Gasteiger partial charge in [-0.3, -0.25) is 9.59 Å². The van der Waals surface area contributed by atoms with Gasteiger partial charge in [0.15, 0.2) is 0 Å². The molecule has 0 radical (unpaired) electrons. The molecule has 45 heavy (non-hydrogen) atoms. The highest BCUT2D eigenvalue weighted by Crippen LogP contribution is 2.38. The highest BCUT2D eigenvalue weighted by Gasteiger charge is 2.35. The summed E-state index contributed by atoms with van der Waals surface area (Å²) in [5.41, 5.74) is 10.8. The van der Waals surface area contributed by atoms with Crippen LogP contribution in [0.15, 0.2) is 85.1 Å². The lowest BCUT2D eigenvalue weighted by Gasteiger charge is -2.31. The lowest BCUT2D eigenvalue weighted by molar-refractivity contribution is -0.116. The molecule has 0 unspecified atom stereocenters. The number of carbonyl (C=O) groups is 2. The van der Waals surface area contributed by atoms with Gasteiger partial charge in [-0.25, -0.2) is 23.1 Å². The number of rotatable bonds is 7. The van der Waals surface area contributed by atoms with Gasteiger partial charge in [-0.1, -0.05) is 24.3 Å². The summed E-state index contributed by atoms with van der Waals surface area (Å²) in [6.07, 6.45) is 3.96. The number of piperidine rings is 1. The van der Waals surface area contributed by atoms with E-state index in [0.29, 0.717) is 21.9 Å². The van der Waals surface area contributed by atoms with E-state index in [1.54, 1.807) is 48.7 Å². The number of benzene rings is 3. The van der Waals surface area contributed by atoms with Gasteiger partial charge in [0.25, 0.3) is 11.8 Å². The van der Waals surface area contributed by atoms with Gasteiger partial charge in [0, 0.05) is 49.3 Å². The van der Waals surface area contributed by atoms with Crippen LogP contribution in [0.25, 0.3) is 38.5 Å². The predicted octanol–water partition coefficient (Wildman–Crippen LogP) is 6.95. The fourth-order valence-corrected chi connectivity index (χ4v) is 6.12. The number of hydrogen-bond acceptors (Lipinski definition) is 6. The number of nitrogens with one attached hydrogen (secondary N) is 1. The van der Waals surface area contributed by atoms with E-state index >= 15 is 0 Å². The van der Waals surface area contributed by atoms with E-state index in [2.05, 4.69) is 10.3 Å². The Morgan fingerprint density at radius 2 is 1.67 bits per heavy atom. The van der Waals surface area contributed by atoms with Gasteiger partial charge in [-0.05, 0) is 76.9 Å². The van der Waals surface area contributed by atoms with Crippen LogP contribution >= 0.6 is 11.3 Å². The molecule has 228 valence electrons. The maximum Gasteiger partial charge on any atom is 0.253 e. The van der Waals surface area contributed by atoms with E-state index in [0.717, 1.165) is 32.5 Å². The molecule has 3 heterocycles. The molecule has 5 aromatic rings. The van der Waals surface area contributed by atoms with Gasteiger partial charge < -0.3 is 16.0 Å². The standard InChI is InChI=1S/C34H28F3N5O2S/c35-26-9-7-23(8-10-26)27-17-25(22-3-5-24(6-4-22)33(44)42-15-13-34(36,37)14-16-42)18-28-32(27)45-31(41-28)20-40-30(43)12-2-21-1-11-29(38)39-19-21/h1-12,17-19H,13-16,20H2,(H2,38,39)(H,40,43)/b12-2+. The SMILES string of the molecule is Nc1ccc(/C=C/C(=O)NCc2nc3cc(-c4ccc(C(=O)N5CCC(F)(F)CC5)cc4)cc(-c4ccc(F)cc4)c3s2)cn1. The summed E-state index contributed by atoms with van der Waals surface area (Å²) in [6, 6.07) is 20.6. The van der Waals surface area contributed by atoms with Gasteiger partial charge in [-0.15, -0.1) is 11.3 Å². The second kappa shape index (κ2) is 12.5. The van der Waals surface area contributed by atoms with Crippen LogP contribution in [0.3, 0.4) is 0 Å². The van der Waals surface area contributed by atoms with Crippen LogP contribution in [0.2, 0.25) is 0 Å². The number of halogens is 3. The molecule has 2 amide bonds. The predicted molar refractivity (Wildman–Crippen MR) is 170 cm³/mol. The van der Waals surface area contributed by atoms with Crippen molar-refractivity contribution in [1.29, 1.82) is 0 Å². The molecule has 11 heteroatoms. The summed E-state index contributed by atoms with van der Waals surface area (Å²) in [4.78, 5) is 35.7. The summed E-state index contributed by atoms with van der Waals surface area (Å²) in [5, 5.41) is 3.54. The quantitative estimate of drug-likeness (QED) is 0.190. The molecule has 0 spiro atoms. The zero-order chi connectivity index (χ0) is 31.6. The van der Waals surface area contributed by atoms with Gasteiger partial charge in [0.05, 0.1) is 16.8 Å². The minimum Gasteiger partial charge on any atom is -0.384 e. The van der Waals surface area contributed by atoms with Crippen molar-refractivity contribution in [3.63, 3.8) is 0 Å². The van der Waals surface area contributed by atoms with Crippen molar-refractivity contribution >= 4 is 45.3 Å². The van der Waals surface area contributed by atoms with Gasteiger partial charge >= 0.3 is 0 Å². The first-order valence-corrected chi connectivity index (χ1v) is 15.1. The Hall–Kier alpha value is -5.03. The molecule has 7 nitrogen and oxygen atoms in total. The van der Waals surface area contributed by atoms with Crippen LogP contribution in [0.4, 0.5) is 19.0 Å². The van der Waals surface area contributed by atoms with Crippen molar-refractivity contribution < 1.29 is 22.8 Å². The minimum absolute atomic E-state index is 0.0221. The molecule has 0 bridgehead atoms. The lowest BCUT2D eigenvalue weighted by Crippen LogP contribution is -2.42. The van der Waals surface area contributed by atoms with E-state index in [1.807, 2.05) is 24.3 Å². The largest absolute Gasteiger partial charge is 0.384 e. The number of carbonyl (C=O) groups excluding carboxylic acids is 2. The fourth-order valence-electron chi connectivity index (χ4n) is 5.10. The summed E-state index contributed by atoms with van der Waals surface area (Å²) >= 11 is 1.44. The fraction of sp³-hybridized carbons (Fsp3) is 0.176. The third-order valence-corrected chi connectivity index (χ3v) is 8.69. The highest BCUT2D eigenvalue weighted by atomic mass is 32.1. The first-order valence-electron chi connectivity index (χ1n) is 14.3. The topological polar surface area (TPSA) is 101 Å². The van der Waals surface area contributed by atoms with Crippen molar-refractivity contribution in [2.45, 2.75) is 25.3 Å². The number of hydrogen-bond donors (Lipinski definition) is 2. The zero-order valence-electron chi connectivity index (χ0n) is 24.0. The Morgan fingerprint density at radius 1 is 0.956 bits per heavy atom. The number of nitrogen functional groups attached to an aromatic ring is 1. The zero-order valence-corrected chi connectivity index (χ0v) is 24.8. The number of alkyl halides is 2. The Labute approximate surface area is 261 Å². The van der Waals surface area contributed by atoms with Gasteiger partial charge in [0.2, 0.25) is 5.91 Å². The van der Waals surface area contributed by atoms with Crippen molar-refractivity contribution in [3.8, 4) is 22.3 Å². The number of anilines is 1. The Morgan fingerprint density at radius 3 is 2.36 bits per heavy atom. The van der Waals surface area contributed by atoms with E-state index < -0.39 is 5.92 Å². The first-order chi connectivity index (χ1) is 21.6. The van der Waals surface area contributed by atoms with Gasteiger partial charge in [0.1, 0.15) is 16.6 Å². The smallest absolute Gasteiger partial charge is 0.253 e. The molecule has 6 rings (SSSR count). The third kappa shape index (κ3) is 7.04. The van der Waals surface area contributed by atoms with Crippen molar-refractivity contribution in [3.05, 3.63) is 107 Å². The van der Waals surface area contributed by atoms with Crippen molar-refractivity contribution in [2.24, 2.45) is 0 Å². The van der Waals surface area contributed by atoms with E-state index in [9.17, 15) is 22.8 Å². The number of thiazole rings is 1. The van der Waals surface area contributed by atoms with Crippen molar-refractivity contribution in [2.75, 3.05) is 18.8 Å². The number of nitrogens with two attached hydrogens (primary N) is 1. The molecule has 2 aromatic heterocycles. The average Bonchev–Trinajstić information content (AvgIpc) is 3.46. The monoisotopic (exact) mass is 627 g/mol. The Kier molecular flexibility index (Phi) is 8.36. The maximum absolute atomic E-state index is 13.8. The van der Waals surface area contributed by atoms with Gasteiger partial charge in [-0.2, -0.15) is 0 Å². The van der Waals surface area contributed by atoms with Crippen LogP contribution in [-0.2, 0) is 11.3 Å². The summed E-state index contributed by atoms with van der Waals surface area (Å²) in [5.74, 6) is -3.24. The molecule has 3 N–H and O–H groups in total. The van der Waals surface area contributed by atoms with Crippen LogP contribution in [0.5, 0.6) is 0 Å². The van der Waals surface area contributed by atoms with Crippen LogP contribution in [-0.4, -0.2) is 45.7 Å². The molecular formula is C34H28F3N5O2S. The minimum atomic E-state index is -2.73. The number of aromatic nitrogens is 2. The van der Waals surface area contributed by atoms with E-state index in [4.69, 9.17) is 10.7 Å². The van der Waals surface area contributed by atoms with Crippen molar-refractivity contribution in [1.82, 2.24) is 20.2 Å². The van der Waals surface area contributed by atoms with E-state index in [1.165, 1.54) is 34.4 Å². The summed E-state index contributed by atoms with van der Waals surface area (Å²) in [6.45, 7) is 0.252. The molecule has 1 fully saturated rings. The van der Waals surface area contributed by atoms with Crippen LogP contribution < -0.4 is 11.1 Å². The number of nitrogens with zero attached hydrogens (tertiary/aromatic N) is 3. The molecule has 1 aliphatic heterocycles. The third-order valence-electron chi connectivity index (χ3n) is 7.59. The lowest BCUT2D eigenvalue weighted by atomic mass is 9.97. The molecule has 3 aromatic carbocycles. The maximum atomic E-state index is 13.8. The molecule has 0 atom stereocenters.